The van der Waals surface area contributed by atoms with Crippen LogP contribution in [0.4, 0.5) is 18.9 Å². The van der Waals surface area contributed by atoms with E-state index in [2.05, 4.69) is 10.5 Å². The number of carbonyl (C=O) groups is 1. The molecule has 5 rings (SSSR count). The highest BCUT2D eigenvalue weighted by Gasteiger charge is 2.49. The van der Waals surface area contributed by atoms with E-state index in [1.807, 2.05) is 31.2 Å². The largest absolute Gasteiger partial charge is 0.391 e. The highest BCUT2D eigenvalue weighted by molar-refractivity contribution is 7.92. The fourth-order valence-corrected chi connectivity index (χ4v) is 8.79. The summed E-state index contributed by atoms with van der Waals surface area (Å²) in [6.07, 6.45) is 4.54. The second kappa shape index (κ2) is 11.9. The lowest BCUT2D eigenvalue weighted by atomic mass is 9.81. The number of fused-ring (bicyclic) bond motifs is 2. The average Bonchev–Trinajstić information content (AvgIpc) is 3.22. The van der Waals surface area contributed by atoms with E-state index in [0.717, 1.165) is 24.0 Å². The molecule has 2 aliphatic rings. The van der Waals surface area contributed by atoms with Gasteiger partial charge >= 0.3 is 0 Å². The molecule has 6 nitrogen and oxygen atoms in total. The lowest BCUT2D eigenvalue weighted by Gasteiger charge is -2.33. The van der Waals surface area contributed by atoms with E-state index in [4.69, 9.17) is 16.4 Å². The second-order valence-electron chi connectivity index (χ2n) is 10.7. The highest BCUT2D eigenvalue weighted by atomic mass is 35.5. The quantitative estimate of drug-likeness (QED) is 0.169. The van der Waals surface area contributed by atoms with Crippen LogP contribution in [-0.4, -0.2) is 25.8 Å². The topological polar surface area (TPSA) is 84.8 Å². The number of amides is 1. The van der Waals surface area contributed by atoms with E-state index in [9.17, 15) is 26.4 Å². The smallest absolute Gasteiger partial charge is 0.255 e. The number of oxime groups is 1. The van der Waals surface area contributed by atoms with E-state index in [0.29, 0.717) is 31.6 Å². The Labute approximate surface area is 241 Å². The number of hydrogen-bond acceptors (Lipinski definition) is 5. The third-order valence-electron chi connectivity index (χ3n) is 7.85. The minimum atomic E-state index is -3.92. The fraction of sp³-hybridized carbons (Fsp3) is 0.333. The molecule has 0 radical (unpaired) electrons. The van der Waals surface area contributed by atoms with Gasteiger partial charge in [-0.1, -0.05) is 46.6 Å². The Morgan fingerprint density at radius 1 is 1.02 bits per heavy atom. The van der Waals surface area contributed by atoms with Crippen LogP contribution in [-0.2, 0) is 21.3 Å². The monoisotopic (exact) mass is 604 g/mol. The number of nitrogens with zero attached hydrogens (tertiary/aromatic N) is 1. The molecule has 0 saturated heterocycles. The van der Waals surface area contributed by atoms with Gasteiger partial charge in [-0.2, -0.15) is 0 Å². The van der Waals surface area contributed by atoms with Crippen molar-refractivity contribution in [1.82, 2.24) is 0 Å². The normalized spacial score (nSPS) is 22.2. The van der Waals surface area contributed by atoms with Crippen molar-refractivity contribution < 1.29 is 31.2 Å². The molecular formula is C30H28ClF3N2O4S. The molecule has 1 amide bonds. The molecular weight excluding hydrogens is 577 g/mol. The van der Waals surface area contributed by atoms with E-state index >= 15 is 0 Å². The molecule has 11 heteroatoms. The third kappa shape index (κ3) is 6.28. The minimum Gasteiger partial charge on any atom is -0.391 e. The maximum atomic E-state index is 13.9. The Kier molecular flexibility index (Phi) is 8.42. The summed E-state index contributed by atoms with van der Waals surface area (Å²) >= 11 is 6.32. The molecule has 0 aliphatic heterocycles. The SMILES string of the molecule is Cc1ccc(CO/N=C/[C@@H]2CC3CC[C@@H](C2)[C@H]3S(=O)(=O)c2cc(C(=O)Nc3cc(F)c(F)c(F)c3)ccc2Cl)cc1. The first-order valence-electron chi connectivity index (χ1n) is 13.2. The van der Waals surface area contributed by atoms with E-state index in [-0.39, 0.29) is 38.9 Å². The van der Waals surface area contributed by atoms with E-state index in [1.54, 1.807) is 6.21 Å². The molecule has 2 saturated carbocycles. The first-order chi connectivity index (χ1) is 19.5. The molecule has 0 spiro atoms. The van der Waals surface area contributed by atoms with Gasteiger partial charge in [0, 0.05) is 29.6 Å². The maximum Gasteiger partial charge on any atom is 0.255 e. The lowest BCUT2D eigenvalue weighted by molar-refractivity contribution is 0.102. The average molecular weight is 605 g/mol. The van der Waals surface area contributed by atoms with Gasteiger partial charge in [-0.15, -0.1) is 0 Å². The van der Waals surface area contributed by atoms with Gasteiger partial charge in [0.25, 0.3) is 5.91 Å². The summed E-state index contributed by atoms with van der Waals surface area (Å²) in [4.78, 5) is 18.1. The van der Waals surface area contributed by atoms with Crippen molar-refractivity contribution in [1.29, 1.82) is 0 Å². The van der Waals surface area contributed by atoms with Crippen LogP contribution in [0.1, 0.15) is 47.2 Å². The Morgan fingerprint density at radius 3 is 2.29 bits per heavy atom. The van der Waals surface area contributed by atoms with Crippen molar-refractivity contribution in [3.05, 3.63) is 93.8 Å². The van der Waals surface area contributed by atoms with Crippen LogP contribution in [0, 0.1) is 42.1 Å². The molecule has 3 aromatic carbocycles. The van der Waals surface area contributed by atoms with E-state index < -0.39 is 38.4 Å². The van der Waals surface area contributed by atoms with Crippen LogP contribution in [0.3, 0.4) is 0 Å². The Morgan fingerprint density at radius 2 is 1.66 bits per heavy atom. The van der Waals surface area contributed by atoms with Crippen molar-refractivity contribution in [3.8, 4) is 0 Å². The number of benzene rings is 3. The molecule has 216 valence electrons. The Balaban J connectivity index is 1.27. The predicted molar refractivity (Wildman–Crippen MR) is 150 cm³/mol. The van der Waals surface area contributed by atoms with Crippen LogP contribution >= 0.6 is 11.6 Å². The van der Waals surface area contributed by atoms with Gasteiger partial charge in [0.15, 0.2) is 27.3 Å². The maximum absolute atomic E-state index is 13.9. The van der Waals surface area contributed by atoms with E-state index in [1.165, 1.54) is 18.2 Å². The summed E-state index contributed by atoms with van der Waals surface area (Å²) in [5, 5.41) is 5.73. The standard InChI is InChI=1S/C30H28ClF3N2O4S/c1-17-2-4-18(5-3-17)16-40-35-15-19-10-20-6-7-21(11-19)29(20)41(38,39)27-12-22(8-9-24(27)31)30(37)36-23-13-25(32)28(34)26(33)14-23/h2-5,8-9,12-15,19-21,29H,6-7,10-11,16H2,1H3,(H,36,37)/b35-15+/t19-,20-,21?,29+/m0/s1. The zero-order valence-corrected chi connectivity index (χ0v) is 23.7. The van der Waals surface area contributed by atoms with Gasteiger partial charge in [-0.05, 0) is 74.1 Å². The molecule has 2 bridgehead atoms. The summed E-state index contributed by atoms with van der Waals surface area (Å²) in [6.45, 7) is 2.36. The number of sulfone groups is 1. The van der Waals surface area contributed by atoms with Crippen molar-refractivity contribution in [2.24, 2.45) is 22.9 Å². The molecule has 1 unspecified atom stereocenters. The highest BCUT2D eigenvalue weighted by Crippen LogP contribution is 2.49. The van der Waals surface area contributed by atoms with Crippen LogP contribution in [0.2, 0.25) is 5.02 Å². The number of hydrogen-bond donors (Lipinski definition) is 1. The van der Waals surface area contributed by atoms with Gasteiger partial charge in [-0.25, -0.2) is 21.6 Å². The summed E-state index contributed by atoms with van der Waals surface area (Å²) < 4.78 is 68.1. The lowest BCUT2D eigenvalue weighted by Crippen LogP contribution is -2.38. The van der Waals surface area contributed by atoms with Crippen LogP contribution in [0.5, 0.6) is 0 Å². The number of rotatable bonds is 8. The molecule has 4 atom stereocenters. The second-order valence-corrected chi connectivity index (χ2v) is 13.2. The van der Waals surface area contributed by atoms with Crippen molar-refractivity contribution in [2.45, 2.75) is 49.4 Å². The number of carbonyl (C=O) groups excluding carboxylic acids is 1. The zero-order valence-electron chi connectivity index (χ0n) is 22.1. The summed E-state index contributed by atoms with van der Waals surface area (Å²) in [6, 6.07) is 13.0. The number of aryl methyl sites for hydroxylation is 1. The molecule has 0 heterocycles. The van der Waals surface area contributed by atoms with Crippen molar-refractivity contribution in [2.75, 3.05) is 5.32 Å². The first-order valence-corrected chi connectivity index (χ1v) is 15.2. The number of nitrogens with one attached hydrogen (secondary N) is 1. The Hall–Kier alpha value is -3.37. The first kappa shape index (κ1) is 29.1. The predicted octanol–water partition coefficient (Wildman–Crippen LogP) is 7.10. The van der Waals surface area contributed by atoms with Gasteiger partial charge in [0.2, 0.25) is 0 Å². The summed E-state index contributed by atoms with van der Waals surface area (Å²) in [7, 11) is -3.92. The fourth-order valence-electron chi connectivity index (χ4n) is 5.91. The molecule has 41 heavy (non-hydrogen) atoms. The van der Waals surface area contributed by atoms with Crippen molar-refractivity contribution >= 4 is 39.2 Å². The third-order valence-corrected chi connectivity index (χ3v) is 10.7. The minimum absolute atomic E-state index is 0.0204. The van der Waals surface area contributed by atoms with Crippen LogP contribution < -0.4 is 5.32 Å². The van der Waals surface area contributed by atoms with Crippen LogP contribution in [0.15, 0.2) is 64.6 Å². The molecule has 1 N–H and O–H groups in total. The van der Waals surface area contributed by atoms with Gasteiger partial charge in [0.05, 0.1) is 15.2 Å². The van der Waals surface area contributed by atoms with Crippen molar-refractivity contribution in [3.63, 3.8) is 0 Å². The zero-order chi connectivity index (χ0) is 29.3. The molecule has 2 aliphatic carbocycles. The molecule has 2 fully saturated rings. The van der Waals surface area contributed by atoms with Gasteiger partial charge in [0.1, 0.15) is 6.61 Å². The molecule has 3 aromatic rings. The summed E-state index contributed by atoms with van der Waals surface area (Å²) in [5.41, 5.74) is 1.78. The Bertz CT molecular complexity index is 1560. The van der Waals surface area contributed by atoms with Gasteiger partial charge < -0.3 is 10.2 Å². The van der Waals surface area contributed by atoms with Gasteiger partial charge in [-0.3, -0.25) is 4.79 Å². The summed E-state index contributed by atoms with van der Waals surface area (Å²) in [5.74, 6) is -5.54. The number of anilines is 1. The van der Waals surface area contributed by atoms with Crippen LogP contribution in [0.25, 0.3) is 0 Å². The number of halogens is 4. The molecule has 0 aromatic heterocycles.